The van der Waals surface area contributed by atoms with Gasteiger partial charge in [-0.2, -0.15) is 0 Å². The lowest BCUT2D eigenvalue weighted by molar-refractivity contribution is -0.140. The van der Waals surface area contributed by atoms with Crippen LogP contribution in [0, 0.1) is 0 Å². The maximum absolute atomic E-state index is 10.4. The molecule has 19 heavy (non-hydrogen) atoms. The first-order valence-corrected chi connectivity index (χ1v) is 6.12. The topological polar surface area (TPSA) is 130 Å². The molecule has 8 nitrogen and oxygen atoms in total. The molecule has 1 fully saturated rings. The van der Waals surface area contributed by atoms with Crippen molar-refractivity contribution in [2.45, 2.75) is 18.9 Å². The molecule has 0 aromatic carbocycles. The maximum atomic E-state index is 10.4. The van der Waals surface area contributed by atoms with E-state index in [4.69, 9.17) is 20.4 Å². The molecule has 1 unspecified atom stereocenters. The molecule has 1 rings (SSSR count). The summed E-state index contributed by atoms with van der Waals surface area (Å²) in [6, 6.07) is -0.641. The second-order valence-corrected chi connectivity index (χ2v) is 4.01. The minimum Gasteiger partial charge on any atom is -0.480 e. The molecule has 0 aliphatic carbocycles. The van der Waals surface area contributed by atoms with E-state index >= 15 is 0 Å². The van der Waals surface area contributed by atoms with E-state index in [-0.39, 0.29) is 25.7 Å². The Kier molecular flexibility index (Phi) is 9.99. The number of nitrogens with zero attached hydrogens (tertiary/aromatic N) is 1. The van der Waals surface area contributed by atoms with Crippen LogP contribution in [0.1, 0.15) is 12.8 Å². The van der Waals surface area contributed by atoms with Crippen LogP contribution in [-0.4, -0.2) is 82.7 Å². The average molecular weight is 278 g/mol. The fourth-order valence-corrected chi connectivity index (χ4v) is 1.56. The van der Waals surface area contributed by atoms with Gasteiger partial charge in [0.1, 0.15) is 6.04 Å². The second-order valence-electron chi connectivity index (χ2n) is 4.01. The summed E-state index contributed by atoms with van der Waals surface area (Å²) in [5.41, 5.74) is 0. The molecule has 1 atom stereocenters. The Labute approximate surface area is 111 Å². The number of carboxylic acids is 1. The van der Waals surface area contributed by atoms with Crippen molar-refractivity contribution in [3.63, 3.8) is 0 Å². The first kappa shape index (κ1) is 17.8. The van der Waals surface area contributed by atoms with Gasteiger partial charge < -0.3 is 25.7 Å². The molecule has 0 aromatic rings. The van der Waals surface area contributed by atoms with Gasteiger partial charge in [0.05, 0.1) is 19.8 Å². The van der Waals surface area contributed by atoms with Crippen molar-refractivity contribution >= 4 is 11.9 Å². The number of rotatable bonds is 7. The number of carbonyl (C=O) groups excluding carboxylic acids is 1. The summed E-state index contributed by atoms with van der Waals surface area (Å²) in [5, 5.41) is 36.1. The maximum Gasteiger partial charge on any atom is 0.326 e. The van der Waals surface area contributed by atoms with E-state index in [0.29, 0.717) is 32.5 Å². The molecule has 1 aliphatic heterocycles. The van der Waals surface area contributed by atoms with Crippen molar-refractivity contribution < 1.29 is 30.0 Å². The molecular weight excluding hydrogens is 256 g/mol. The van der Waals surface area contributed by atoms with Crippen LogP contribution in [0.4, 0.5) is 0 Å². The third-order valence-corrected chi connectivity index (χ3v) is 2.54. The highest BCUT2D eigenvalue weighted by Gasteiger charge is 2.26. The number of aliphatic hydroxyl groups is 3. The van der Waals surface area contributed by atoms with Crippen molar-refractivity contribution in [2.75, 3.05) is 39.5 Å². The summed E-state index contributed by atoms with van der Waals surface area (Å²) in [6.07, 6.45) is 0.769. The molecule has 0 radical (unpaired) electrons. The molecular formula is C11H22N2O6. The lowest BCUT2D eigenvalue weighted by Crippen LogP contribution is -2.32. The van der Waals surface area contributed by atoms with Crippen LogP contribution in [0.5, 0.6) is 0 Å². The number of carbonyl (C=O) groups is 2. The SMILES string of the molecule is O=C1CCC(C(=O)O)N1.OCCN(CCO)CCO. The fraction of sp³-hybridized carbons (Fsp3) is 0.818. The summed E-state index contributed by atoms with van der Waals surface area (Å²) in [5.74, 6) is -1.11. The van der Waals surface area contributed by atoms with E-state index < -0.39 is 12.0 Å². The van der Waals surface area contributed by atoms with Gasteiger partial charge in [-0.1, -0.05) is 0 Å². The van der Waals surface area contributed by atoms with Gasteiger partial charge in [0.25, 0.3) is 0 Å². The molecule has 0 spiro atoms. The summed E-state index contributed by atoms with van der Waals surface area (Å²) in [7, 11) is 0. The number of aliphatic hydroxyl groups excluding tert-OH is 3. The smallest absolute Gasteiger partial charge is 0.326 e. The number of carboxylic acid groups (broad SMARTS) is 1. The normalized spacial score (nSPS) is 17.9. The van der Waals surface area contributed by atoms with Crippen LogP contribution < -0.4 is 5.32 Å². The van der Waals surface area contributed by atoms with Crippen LogP contribution in [0.3, 0.4) is 0 Å². The zero-order valence-electron chi connectivity index (χ0n) is 10.8. The van der Waals surface area contributed by atoms with Crippen LogP contribution in [0.15, 0.2) is 0 Å². The largest absolute Gasteiger partial charge is 0.480 e. The van der Waals surface area contributed by atoms with Gasteiger partial charge in [-0.3, -0.25) is 9.69 Å². The zero-order chi connectivity index (χ0) is 14.7. The van der Waals surface area contributed by atoms with Gasteiger partial charge in [-0.25, -0.2) is 4.79 Å². The van der Waals surface area contributed by atoms with Gasteiger partial charge in [-0.05, 0) is 6.42 Å². The van der Waals surface area contributed by atoms with Crippen molar-refractivity contribution in [1.29, 1.82) is 0 Å². The van der Waals surface area contributed by atoms with Crippen LogP contribution >= 0.6 is 0 Å². The molecule has 8 heteroatoms. The van der Waals surface area contributed by atoms with Gasteiger partial charge in [0.15, 0.2) is 0 Å². The fourth-order valence-electron chi connectivity index (χ4n) is 1.56. The Bertz CT molecular complexity index is 260. The molecule has 5 N–H and O–H groups in total. The third-order valence-electron chi connectivity index (χ3n) is 2.54. The van der Waals surface area contributed by atoms with E-state index in [0.717, 1.165) is 0 Å². The van der Waals surface area contributed by atoms with Gasteiger partial charge >= 0.3 is 5.97 Å². The molecule has 1 aliphatic rings. The number of nitrogens with one attached hydrogen (secondary N) is 1. The summed E-state index contributed by atoms with van der Waals surface area (Å²) in [6.45, 7) is 1.75. The molecule has 1 amide bonds. The van der Waals surface area contributed by atoms with Crippen molar-refractivity contribution in [2.24, 2.45) is 0 Å². The predicted octanol–water partition coefficient (Wildman–Crippen LogP) is -2.39. The third kappa shape index (κ3) is 8.49. The molecule has 0 aromatic heterocycles. The molecule has 112 valence electrons. The minimum absolute atomic E-state index is 0.0694. The Morgan fingerprint density at radius 2 is 1.63 bits per heavy atom. The first-order chi connectivity index (χ1) is 9.04. The van der Waals surface area contributed by atoms with E-state index in [1.54, 1.807) is 4.90 Å². The zero-order valence-corrected chi connectivity index (χ0v) is 10.8. The summed E-state index contributed by atoms with van der Waals surface area (Å²) in [4.78, 5) is 22.3. The van der Waals surface area contributed by atoms with Crippen molar-refractivity contribution in [3.05, 3.63) is 0 Å². The number of amides is 1. The highest BCUT2D eigenvalue weighted by Crippen LogP contribution is 2.05. The second kappa shape index (κ2) is 10.7. The number of hydrogen-bond donors (Lipinski definition) is 5. The minimum atomic E-state index is -0.944. The summed E-state index contributed by atoms with van der Waals surface area (Å²) < 4.78 is 0. The molecule has 1 heterocycles. The predicted molar refractivity (Wildman–Crippen MR) is 66.5 cm³/mol. The van der Waals surface area contributed by atoms with Crippen molar-refractivity contribution in [3.8, 4) is 0 Å². The quantitative estimate of drug-likeness (QED) is 0.351. The van der Waals surface area contributed by atoms with E-state index in [9.17, 15) is 9.59 Å². The van der Waals surface area contributed by atoms with E-state index in [1.165, 1.54) is 0 Å². The Hall–Kier alpha value is -1.22. The first-order valence-electron chi connectivity index (χ1n) is 6.12. The highest BCUT2D eigenvalue weighted by molar-refractivity contribution is 5.87. The highest BCUT2D eigenvalue weighted by atomic mass is 16.4. The number of hydrogen-bond acceptors (Lipinski definition) is 6. The lowest BCUT2D eigenvalue weighted by Gasteiger charge is -2.17. The molecule has 1 saturated heterocycles. The molecule has 0 saturated carbocycles. The van der Waals surface area contributed by atoms with Crippen LogP contribution in [0.2, 0.25) is 0 Å². The average Bonchev–Trinajstić information content (AvgIpc) is 2.78. The number of aliphatic carboxylic acids is 1. The monoisotopic (exact) mass is 278 g/mol. The molecule has 0 bridgehead atoms. The Balaban J connectivity index is 0.000000342. The Morgan fingerprint density at radius 3 is 1.84 bits per heavy atom. The van der Waals surface area contributed by atoms with Crippen LogP contribution in [0.25, 0.3) is 0 Å². The van der Waals surface area contributed by atoms with E-state index in [1.807, 2.05) is 0 Å². The van der Waals surface area contributed by atoms with E-state index in [2.05, 4.69) is 5.32 Å². The summed E-state index contributed by atoms with van der Waals surface area (Å²) >= 11 is 0. The van der Waals surface area contributed by atoms with Crippen molar-refractivity contribution in [1.82, 2.24) is 10.2 Å². The lowest BCUT2D eigenvalue weighted by atomic mass is 10.2. The Morgan fingerprint density at radius 1 is 1.16 bits per heavy atom. The van der Waals surface area contributed by atoms with Gasteiger partial charge in [0, 0.05) is 26.1 Å². The van der Waals surface area contributed by atoms with Crippen LogP contribution in [-0.2, 0) is 9.59 Å². The standard InChI is InChI=1S/C6H15NO3.C5H7NO3/c8-4-1-7(2-5-9)3-6-10;7-4-2-1-3(6-4)5(8)9/h8-10H,1-6H2;3H,1-2H2,(H,6,7)(H,8,9). The van der Waals surface area contributed by atoms with Gasteiger partial charge in [-0.15, -0.1) is 0 Å². The van der Waals surface area contributed by atoms with Gasteiger partial charge in [0.2, 0.25) is 5.91 Å².